The Bertz CT molecular complexity index is 223. The van der Waals surface area contributed by atoms with Crippen molar-refractivity contribution in [3.8, 4) is 0 Å². The van der Waals surface area contributed by atoms with Crippen molar-refractivity contribution in [3.05, 3.63) is 18.2 Å². The summed E-state index contributed by atoms with van der Waals surface area (Å²) in [7, 11) is 1.93. The fourth-order valence-corrected chi connectivity index (χ4v) is 1.11. The van der Waals surface area contributed by atoms with E-state index in [-0.39, 0.29) is 24.8 Å². The normalized spacial score (nSPS) is 9.23. The second-order valence-corrected chi connectivity index (χ2v) is 2.87. The van der Waals surface area contributed by atoms with E-state index in [2.05, 4.69) is 28.7 Å². The second-order valence-electron chi connectivity index (χ2n) is 2.87. The monoisotopic (exact) mass is 225 g/mol. The van der Waals surface area contributed by atoms with Gasteiger partial charge in [0.1, 0.15) is 5.82 Å². The van der Waals surface area contributed by atoms with Gasteiger partial charge in [-0.25, -0.2) is 4.98 Å². The highest BCUT2D eigenvalue weighted by molar-refractivity contribution is 5.85. The van der Waals surface area contributed by atoms with Crippen LogP contribution in [-0.4, -0.2) is 16.6 Å². The Kier molecular flexibility index (Phi) is 8.42. The molecule has 0 aliphatic heterocycles. The van der Waals surface area contributed by atoms with Crippen molar-refractivity contribution in [1.82, 2.24) is 14.9 Å². The van der Waals surface area contributed by atoms with Gasteiger partial charge in [-0.1, -0.05) is 0 Å². The lowest BCUT2D eigenvalue weighted by Gasteiger charge is -2.10. The molecule has 0 unspecified atom stereocenters. The molecule has 1 rings (SSSR count). The Balaban J connectivity index is 0. The van der Waals surface area contributed by atoms with Gasteiger partial charge < -0.3 is 9.88 Å². The van der Waals surface area contributed by atoms with Crippen LogP contribution < -0.4 is 5.32 Å². The van der Waals surface area contributed by atoms with Crippen molar-refractivity contribution < 1.29 is 0 Å². The predicted octanol–water partition coefficient (Wildman–Crippen LogP) is 2.03. The molecule has 3 nitrogen and oxygen atoms in total. The van der Waals surface area contributed by atoms with E-state index < -0.39 is 0 Å². The first-order chi connectivity index (χ1) is 5.25. The molecule has 0 bridgehead atoms. The van der Waals surface area contributed by atoms with Crippen molar-refractivity contribution in [1.29, 1.82) is 0 Å². The summed E-state index contributed by atoms with van der Waals surface area (Å²) in [5.41, 5.74) is 0. The lowest BCUT2D eigenvalue weighted by atomic mass is 10.4. The topological polar surface area (TPSA) is 29.9 Å². The number of imidazole rings is 1. The van der Waals surface area contributed by atoms with Crippen LogP contribution in [0.5, 0.6) is 0 Å². The van der Waals surface area contributed by atoms with Crippen LogP contribution in [0.1, 0.15) is 25.7 Å². The van der Waals surface area contributed by atoms with Gasteiger partial charge in [-0.3, -0.25) is 0 Å². The Morgan fingerprint density at radius 2 is 2.08 bits per heavy atom. The van der Waals surface area contributed by atoms with Crippen LogP contribution in [-0.2, 0) is 6.54 Å². The molecule has 1 heterocycles. The Morgan fingerprint density at radius 1 is 1.46 bits per heavy atom. The molecule has 13 heavy (non-hydrogen) atoms. The minimum absolute atomic E-state index is 0. The number of nitrogens with one attached hydrogen (secondary N) is 1. The zero-order valence-electron chi connectivity index (χ0n) is 8.15. The van der Waals surface area contributed by atoms with E-state index in [1.165, 1.54) is 0 Å². The molecule has 1 aromatic heterocycles. The second kappa shape index (κ2) is 7.18. The van der Waals surface area contributed by atoms with Crippen molar-refractivity contribution in [3.63, 3.8) is 0 Å². The van der Waals surface area contributed by atoms with E-state index in [1.54, 1.807) is 0 Å². The number of hydrogen-bond acceptors (Lipinski definition) is 2. The molecule has 0 radical (unpaired) electrons. The molecule has 0 amide bonds. The summed E-state index contributed by atoms with van der Waals surface area (Å²) in [6.07, 6.45) is 3.85. The van der Waals surface area contributed by atoms with E-state index in [4.69, 9.17) is 0 Å². The first-order valence-corrected chi connectivity index (χ1v) is 3.92. The van der Waals surface area contributed by atoms with Gasteiger partial charge in [-0.05, 0) is 20.9 Å². The van der Waals surface area contributed by atoms with E-state index in [0.29, 0.717) is 6.04 Å². The minimum Gasteiger partial charge on any atom is -0.331 e. The highest BCUT2D eigenvalue weighted by Crippen LogP contribution is 2.06. The maximum atomic E-state index is 4.23. The summed E-state index contributed by atoms with van der Waals surface area (Å²) in [5.74, 6) is 1.10. The first-order valence-electron chi connectivity index (χ1n) is 3.92. The molecular weight excluding hydrogens is 209 g/mol. The van der Waals surface area contributed by atoms with E-state index in [9.17, 15) is 0 Å². The van der Waals surface area contributed by atoms with Crippen LogP contribution in [0.2, 0.25) is 0 Å². The maximum Gasteiger partial charge on any atom is 0.122 e. The lowest BCUT2D eigenvalue weighted by Crippen LogP contribution is -2.13. The van der Waals surface area contributed by atoms with Gasteiger partial charge in [0, 0.05) is 18.4 Å². The standard InChI is InChI=1S/C8H15N3.2ClH/c1-7(2)11-5-4-10-8(11)6-9-3;;/h4-5,7,9H,6H2,1-3H3;2*1H. The quantitative estimate of drug-likeness (QED) is 0.854. The highest BCUT2D eigenvalue weighted by Gasteiger charge is 2.02. The molecule has 0 aliphatic carbocycles. The van der Waals surface area contributed by atoms with Gasteiger partial charge in [-0.15, -0.1) is 24.8 Å². The summed E-state index contributed by atoms with van der Waals surface area (Å²) in [6.45, 7) is 5.15. The fraction of sp³-hybridized carbons (Fsp3) is 0.625. The molecule has 0 atom stereocenters. The number of nitrogens with zero attached hydrogens (tertiary/aromatic N) is 2. The number of halogens is 2. The van der Waals surface area contributed by atoms with Gasteiger partial charge in [0.15, 0.2) is 0 Å². The van der Waals surface area contributed by atoms with E-state index in [0.717, 1.165) is 12.4 Å². The Labute approximate surface area is 91.8 Å². The summed E-state index contributed by atoms with van der Waals surface area (Å²) in [6, 6.07) is 0.501. The van der Waals surface area contributed by atoms with Gasteiger partial charge in [0.25, 0.3) is 0 Å². The number of aromatic nitrogens is 2. The third-order valence-electron chi connectivity index (χ3n) is 1.64. The number of hydrogen-bond donors (Lipinski definition) is 1. The molecule has 1 N–H and O–H groups in total. The third kappa shape index (κ3) is 3.98. The van der Waals surface area contributed by atoms with Gasteiger partial charge in [0.05, 0.1) is 6.54 Å². The fourth-order valence-electron chi connectivity index (χ4n) is 1.11. The molecule has 0 fully saturated rings. The number of rotatable bonds is 3. The zero-order valence-corrected chi connectivity index (χ0v) is 9.78. The molecule has 78 valence electrons. The van der Waals surface area contributed by atoms with Crippen molar-refractivity contribution in [2.24, 2.45) is 0 Å². The van der Waals surface area contributed by atoms with E-state index in [1.807, 2.05) is 19.4 Å². The SMILES string of the molecule is CNCc1nccn1C(C)C.Cl.Cl. The molecule has 0 saturated heterocycles. The van der Waals surface area contributed by atoms with E-state index >= 15 is 0 Å². The van der Waals surface area contributed by atoms with Crippen LogP contribution in [0.3, 0.4) is 0 Å². The zero-order chi connectivity index (χ0) is 8.27. The molecule has 5 heteroatoms. The summed E-state index contributed by atoms with van der Waals surface area (Å²) in [5, 5.41) is 3.08. The van der Waals surface area contributed by atoms with Crippen LogP contribution in [0.4, 0.5) is 0 Å². The highest BCUT2D eigenvalue weighted by atomic mass is 35.5. The Hall–Kier alpha value is -0.250. The van der Waals surface area contributed by atoms with Crippen LogP contribution in [0.15, 0.2) is 12.4 Å². The van der Waals surface area contributed by atoms with Crippen LogP contribution >= 0.6 is 24.8 Å². The Morgan fingerprint density at radius 3 is 2.54 bits per heavy atom. The molecule has 0 spiro atoms. The van der Waals surface area contributed by atoms with Gasteiger partial charge in [-0.2, -0.15) is 0 Å². The average molecular weight is 226 g/mol. The van der Waals surface area contributed by atoms with Crippen LogP contribution in [0, 0.1) is 0 Å². The van der Waals surface area contributed by atoms with Crippen molar-refractivity contribution >= 4 is 24.8 Å². The van der Waals surface area contributed by atoms with Gasteiger partial charge >= 0.3 is 0 Å². The first kappa shape index (κ1) is 15.2. The van der Waals surface area contributed by atoms with Gasteiger partial charge in [0.2, 0.25) is 0 Å². The smallest absolute Gasteiger partial charge is 0.122 e. The summed E-state index contributed by atoms with van der Waals surface area (Å²) < 4.78 is 2.16. The molecule has 0 aromatic carbocycles. The average Bonchev–Trinajstić information content (AvgIpc) is 2.36. The van der Waals surface area contributed by atoms with Crippen molar-refractivity contribution in [2.45, 2.75) is 26.4 Å². The van der Waals surface area contributed by atoms with Crippen molar-refractivity contribution in [2.75, 3.05) is 7.05 Å². The molecule has 0 aliphatic rings. The lowest BCUT2D eigenvalue weighted by molar-refractivity contribution is 0.555. The summed E-state index contributed by atoms with van der Waals surface area (Å²) in [4.78, 5) is 4.23. The largest absolute Gasteiger partial charge is 0.331 e. The molecular formula is C8H17Cl2N3. The third-order valence-corrected chi connectivity index (χ3v) is 1.64. The predicted molar refractivity (Wildman–Crippen MR) is 59.9 cm³/mol. The molecule has 1 aromatic rings. The summed E-state index contributed by atoms with van der Waals surface area (Å²) >= 11 is 0. The van der Waals surface area contributed by atoms with Crippen LogP contribution in [0.25, 0.3) is 0 Å². The maximum absolute atomic E-state index is 4.23. The molecule has 0 saturated carbocycles. The minimum atomic E-state index is 0.